The van der Waals surface area contributed by atoms with Crippen molar-refractivity contribution >= 4 is 27.5 Å². The van der Waals surface area contributed by atoms with Gasteiger partial charge < -0.3 is 5.73 Å². The van der Waals surface area contributed by atoms with Gasteiger partial charge in [0.15, 0.2) is 0 Å². The van der Waals surface area contributed by atoms with Crippen molar-refractivity contribution in [1.82, 2.24) is 9.97 Å². The Kier molecular flexibility index (Phi) is 3.91. The summed E-state index contributed by atoms with van der Waals surface area (Å²) in [6, 6.07) is 0. The third-order valence-corrected chi connectivity index (χ3v) is 2.25. The van der Waals surface area contributed by atoms with Crippen LogP contribution < -0.4 is 5.73 Å². The van der Waals surface area contributed by atoms with Crippen molar-refractivity contribution in [2.75, 3.05) is 6.54 Å². The highest BCUT2D eigenvalue weighted by Gasteiger charge is 2.02. The van der Waals surface area contributed by atoms with E-state index in [0.29, 0.717) is 6.54 Å². The van der Waals surface area contributed by atoms with Crippen LogP contribution in [0.5, 0.6) is 0 Å². The zero-order chi connectivity index (χ0) is 8.97. The van der Waals surface area contributed by atoms with Crippen LogP contribution in [0.1, 0.15) is 12.1 Å². The Hall–Kier alpha value is -0.190. The molecule has 0 radical (unpaired) electrons. The lowest BCUT2D eigenvalue weighted by Crippen LogP contribution is -2.02. The summed E-state index contributed by atoms with van der Waals surface area (Å²) in [6.45, 7) is 0.661. The molecule has 0 aliphatic rings. The Morgan fingerprint density at radius 1 is 1.58 bits per heavy atom. The smallest absolute Gasteiger partial charge is 0.222 e. The van der Waals surface area contributed by atoms with Crippen LogP contribution in [0.2, 0.25) is 5.28 Å². The summed E-state index contributed by atoms with van der Waals surface area (Å²) in [5.74, 6) is 0. The molecule has 0 atom stereocenters. The second-order valence-corrected chi connectivity index (χ2v) is 3.52. The van der Waals surface area contributed by atoms with E-state index in [0.717, 1.165) is 23.0 Å². The number of nitrogens with two attached hydrogens (primary N) is 1. The fourth-order valence-electron chi connectivity index (χ4n) is 0.823. The Morgan fingerprint density at radius 3 is 3.00 bits per heavy atom. The van der Waals surface area contributed by atoms with Crippen molar-refractivity contribution < 1.29 is 0 Å². The summed E-state index contributed by atoms with van der Waals surface area (Å²) in [5, 5.41) is 0.283. The highest BCUT2D eigenvalue weighted by Crippen LogP contribution is 2.16. The number of halogens is 2. The predicted octanol–water partition coefficient (Wildman–Crippen LogP) is 1.78. The zero-order valence-electron chi connectivity index (χ0n) is 6.43. The number of hydrogen-bond acceptors (Lipinski definition) is 3. The van der Waals surface area contributed by atoms with E-state index in [2.05, 4.69) is 25.9 Å². The summed E-state index contributed by atoms with van der Waals surface area (Å²) < 4.78 is 0.889. The highest BCUT2D eigenvalue weighted by atomic mass is 79.9. The van der Waals surface area contributed by atoms with E-state index in [4.69, 9.17) is 17.3 Å². The molecule has 0 aliphatic carbocycles. The van der Waals surface area contributed by atoms with Gasteiger partial charge in [0.25, 0.3) is 0 Å². The molecule has 0 saturated heterocycles. The van der Waals surface area contributed by atoms with Gasteiger partial charge in [-0.25, -0.2) is 9.97 Å². The fraction of sp³-hybridized carbons (Fsp3) is 0.429. The summed E-state index contributed by atoms with van der Waals surface area (Å²) in [7, 11) is 0. The average Bonchev–Trinajstić information content (AvgIpc) is 2.07. The number of hydrogen-bond donors (Lipinski definition) is 1. The SMILES string of the molecule is NCCCc1nc(Cl)ncc1Br. The van der Waals surface area contributed by atoms with E-state index in [1.165, 1.54) is 0 Å². The molecule has 0 aromatic carbocycles. The van der Waals surface area contributed by atoms with Gasteiger partial charge in [0.05, 0.1) is 10.2 Å². The zero-order valence-corrected chi connectivity index (χ0v) is 8.77. The van der Waals surface area contributed by atoms with Gasteiger partial charge in [0.2, 0.25) is 5.28 Å². The third-order valence-electron chi connectivity index (χ3n) is 1.41. The quantitative estimate of drug-likeness (QED) is 0.832. The number of nitrogens with zero attached hydrogens (tertiary/aromatic N) is 2. The molecule has 0 saturated carbocycles. The van der Waals surface area contributed by atoms with E-state index in [9.17, 15) is 0 Å². The van der Waals surface area contributed by atoms with E-state index < -0.39 is 0 Å². The summed E-state index contributed by atoms with van der Waals surface area (Å²) >= 11 is 8.96. The largest absolute Gasteiger partial charge is 0.330 e. The highest BCUT2D eigenvalue weighted by molar-refractivity contribution is 9.10. The van der Waals surface area contributed by atoms with Crippen molar-refractivity contribution in [1.29, 1.82) is 0 Å². The molecule has 0 bridgehead atoms. The van der Waals surface area contributed by atoms with Crippen LogP contribution >= 0.6 is 27.5 Å². The van der Waals surface area contributed by atoms with Crippen LogP contribution in [0.15, 0.2) is 10.7 Å². The number of aromatic nitrogens is 2. The Morgan fingerprint density at radius 2 is 2.33 bits per heavy atom. The molecule has 2 N–H and O–H groups in total. The second-order valence-electron chi connectivity index (χ2n) is 2.33. The first kappa shape index (κ1) is 9.89. The predicted molar refractivity (Wildman–Crippen MR) is 52.1 cm³/mol. The molecule has 12 heavy (non-hydrogen) atoms. The topological polar surface area (TPSA) is 51.8 Å². The molecule has 1 aromatic rings. The van der Waals surface area contributed by atoms with E-state index in [-0.39, 0.29) is 5.28 Å². The summed E-state index contributed by atoms with van der Waals surface area (Å²) in [4.78, 5) is 7.89. The van der Waals surface area contributed by atoms with Crippen molar-refractivity contribution in [2.45, 2.75) is 12.8 Å². The van der Waals surface area contributed by atoms with E-state index in [1.54, 1.807) is 6.20 Å². The van der Waals surface area contributed by atoms with Crippen LogP contribution in [0, 0.1) is 0 Å². The first-order valence-electron chi connectivity index (χ1n) is 3.61. The van der Waals surface area contributed by atoms with Crippen molar-refractivity contribution in [2.24, 2.45) is 5.73 Å². The van der Waals surface area contributed by atoms with Gasteiger partial charge in [-0.2, -0.15) is 0 Å². The molecule has 3 nitrogen and oxygen atoms in total. The number of rotatable bonds is 3. The van der Waals surface area contributed by atoms with Gasteiger partial charge in [0, 0.05) is 6.20 Å². The Labute approximate surface area is 84.5 Å². The maximum Gasteiger partial charge on any atom is 0.222 e. The van der Waals surface area contributed by atoms with E-state index in [1.807, 2.05) is 0 Å². The lowest BCUT2D eigenvalue weighted by atomic mass is 10.2. The van der Waals surface area contributed by atoms with Gasteiger partial charge >= 0.3 is 0 Å². The number of aryl methyl sites for hydroxylation is 1. The minimum absolute atomic E-state index is 0.283. The minimum atomic E-state index is 0.283. The molecule has 0 amide bonds. The molecule has 1 aromatic heterocycles. The standard InChI is InChI=1S/C7H9BrClN3/c8-5-4-11-7(9)12-6(5)2-1-3-10/h4H,1-3,10H2. The molecule has 0 unspecified atom stereocenters. The molecular formula is C7H9BrClN3. The lowest BCUT2D eigenvalue weighted by molar-refractivity contribution is 0.801. The van der Waals surface area contributed by atoms with Crippen LogP contribution in [0.4, 0.5) is 0 Å². The fourth-order valence-corrected chi connectivity index (χ4v) is 1.36. The minimum Gasteiger partial charge on any atom is -0.330 e. The normalized spacial score (nSPS) is 10.2. The molecule has 0 fully saturated rings. The van der Waals surface area contributed by atoms with Crippen molar-refractivity contribution in [3.8, 4) is 0 Å². The molecule has 5 heteroatoms. The first-order valence-corrected chi connectivity index (χ1v) is 4.78. The lowest BCUT2D eigenvalue weighted by Gasteiger charge is -2.01. The molecule has 1 heterocycles. The van der Waals surface area contributed by atoms with Crippen LogP contribution in [0.25, 0.3) is 0 Å². The van der Waals surface area contributed by atoms with Crippen molar-refractivity contribution in [3.05, 3.63) is 21.6 Å². The maximum atomic E-state index is 5.62. The van der Waals surface area contributed by atoms with Gasteiger partial charge in [-0.05, 0) is 46.9 Å². The average molecular weight is 251 g/mol. The summed E-state index contributed by atoms with van der Waals surface area (Å²) in [5.41, 5.74) is 6.29. The van der Waals surface area contributed by atoms with Gasteiger partial charge in [0.1, 0.15) is 0 Å². The Bertz CT molecular complexity index is 267. The van der Waals surface area contributed by atoms with Crippen molar-refractivity contribution in [3.63, 3.8) is 0 Å². The van der Waals surface area contributed by atoms with Crippen LogP contribution in [-0.2, 0) is 6.42 Å². The third kappa shape index (κ3) is 2.69. The second kappa shape index (κ2) is 4.74. The van der Waals surface area contributed by atoms with Crippen LogP contribution in [-0.4, -0.2) is 16.5 Å². The first-order chi connectivity index (χ1) is 5.74. The monoisotopic (exact) mass is 249 g/mol. The van der Waals surface area contributed by atoms with Gasteiger partial charge in [-0.15, -0.1) is 0 Å². The maximum absolute atomic E-state index is 5.62. The molecule has 0 aliphatic heterocycles. The Balaban J connectivity index is 2.75. The molecule has 66 valence electrons. The van der Waals surface area contributed by atoms with Gasteiger partial charge in [-0.1, -0.05) is 0 Å². The van der Waals surface area contributed by atoms with Gasteiger partial charge in [-0.3, -0.25) is 0 Å². The molecular weight excluding hydrogens is 241 g/mol. The molecule has 1 rings (SSSR count). The van der Waals surface area contributed by atoms with E-state index >= 15 is 0 Å². The summed E-state index contributed by atoms with van der Waals surface area (Å²) in [6.07, 6.45) is 3.40. The van der Waals surface area contributed by atoms with Crippen LogP contribution in [0.3, 0.4) is 0 Å². The molecule has 0 spiro atoms.